The lowest BCUT2D eigenvalue weighted by Crippen LogP contribution is -2.33. The van der Waals surface area contributed by atoms with Crippen LogP contribution in [0.1, 0.15) is 57.0 Å². The Morgan fingerprint density at radius 2 is 1.83 bits per heavy atom. The molecule has 0 fully saturated rings. The molecule has 1 aromatic carbocycles. The standard InChI is InChI=1S/C29H31N5.C2H6/c1-5-20-12-13-22(29(2,3)4)17-26(20)33-32-25-14-15-28(24-10-7-6-9-23(24)25)34-27-11-8-16-30-18-21(27)19-31-34;1-2/h5-10,12-19,23-24,32-33H,1,11H2,2-4H3;1-2H3. The number of hydrazine groups is 1. The van der Waals surface area contributed by atoms with E-state index < -0.39 is 0 Å². The number of fused-ring (bicyclic) bond motifs is 2. The summed E-state index contributed by atoms with van der Waals surface area (Å²) < 4.78 is 2.08. The zero-order valence-electron chi connectivity index (χ0n) is 22.0. The van der Waals surface area contributed by atoms with Crippen LogP contribution in [-0.4, -0.2) is 16.0 Å². The van der Waals surface area contributed by atoms with Gasteiger partial charge >= 0.3 is 0 Å². The molecule has 0 bridgehead atoms. The van der Waals surface area contributed by atoms with Crippen molar-refractivity contribution in [2.75, 3.05) is 5.43 Å². The Kier molecular flexibility index (Phi) is 7.58. The summed E-state index contributed by atoms with van der Waals surface area (Å²) in [5.74, 6) is 0.373. The minimum atomic E-state index is 0.0710. The number of hydrogen-bond donors (Lipinski definition) is 2. The number of allylic oxidation sites excluding steroid dienone is 8. The smallest absolute Gasteiger partial charge is 0.0614 e. The van der Waals surface area contributed by atoms with Crippen molar-refractivity contribution in [1.29, 1.82) is 0 Å². The van der Waals surface area contributed by atoms with Crippen LogP contribution in [0.2, 0.25) is 0 Å². The molecule has 2 aliphatic carbocycles. The number of nitrogens with one attached hydrogen (secondary N) is 2. The van der Waals surface area contributed by atoms with Crippen LogP contribution >= 0.6 is 0 Å². The van der Waals surface area contributed by atoms with Crippen LogP contribution in [-0.2, 0) is 11.8 Å². The summed E-state index contributed by atoms with van der Waals surface area (Å²) in [5, 5.41) is 4.72. The summed E-state index contributed by atoms with van der Waals surface area (Å²) in [6.45, 7) is 14.7. The fourth-order valence-electron chi connectivity index (χ4n) is 4.64. The SMILES string of the molecule is C=Cc1ccc(C(C)(C)C)cc1NNC1=CC=C(n2ncc3c2CC=CN=C3)C2C=CC=CC12.CC. The molecule has 0 radical (unpaired) electrons. The molecule has 2 atom stereocenters. The molecule has 2 heterocycles. The Hall–Kier alpha value is -3.86. The topological polar surface area (TPSA) is 54.2 Å². The quantitative estimate of drug-likeness (QED) is 0.452. The van der Waals surface area contributed by atoms with Gasteiger partial charge in [0, 0.05) is 41.9 Å². The molecule has 5 heteroatoms. The Morgan fingerprint density at radius 1 is 1.06 bits per heavy atom. The van der Waals surface area contributed by atoms with Crippen molar-refractivity contribution >= 4 is 23.7 Å². The Labute approximate surface area is 215 Å². The molecule has 3 aliphatic rings. The largest absolute Gasteiger partial charge is 0.304 e. The van der Waals surface area contributed by atoms with Crippen molar-refractivity contribution < 1.29 is 0 Å². The lowest BCUT2D eigenvalue weighted by molar-refractivity contribution is 0.568. The van der Waals surface area contributed by atoms with E-state index in [1.807, 2.05) is 38.5 Å². The van der Waals surface area contributed by atoms with E-state index in [1.54, 1.807) is 0 Å². The maximum Gasteiger partial charge on any atom is 0.0614 e. The predicted octanol–water partition coefficient (Wildman–Crippen LogP) is 7.05. The van der Waals surface area contributed by atoms with Crippen LogP contribution in [0.4, 0.5) is 5.69 Å². The lowest BCUT2D eigenvalue weighted by atomic mass is 9.80. The number of anilines is 1. The highest BCUT2D eigenvalue weighted by atomic mass is 15.4. The van der Waals surface area contributed by atoms with Crippen LogP contribution in [0.25, 0.3) is 11.8 Å². The fourth-order valence-corrected chi connectivity index (χ4v) is 4.64. The van der Waals surface area contributed by atoms with Gasteiger partial charge in [0.25, 0.3) is 0 Å². The molecule has 1 aliphatic heterocycles. The van der Waals surface area contributed by atoms with Crippen molar-refractivity contribution in [3.05, 3.63) is 108 Å². The average Bonchev–Trinajstić information content (AvgIpc) is 3.14. The zero-order chi connectivity index (χ0) is 25.7. The maximum absolute atomic E-state index is 4.72. The van der Waals surface area contributed by atoms with Crippen molar-refractivity contribution in [3.8, 4) is 0 Å². The molecule has 2 unspecified atom stereocenters. The number of hydrogen-bond acceptors (Lipinski definition) is 4. The van der Waals surface area contributed by atoms with Gasteiger partial charge in [0.2, 0.25) is 0 Å². The predicted molar refractivity (Wildman–Crippen MR) is 154 cm³/mol. The molecule has 186 valence electrons. The van der Waals surface area contributed by atoms with E-state index >= 15 is 0 Å². The monoisotopic (exact) mass is 479 g/mol. The van der Waals surface area contributed by atoms with Crippen LogP contribution in [0.15, 0.2) is 90.4 Å². The summed E-state index contributed by atoms with van der Waals surface area (Å²) in [4.78, 5) is 4.31. The first-order valence-corrected chi connectivity index (χ1v) is 12.8. The second-order valence-electron chi connectivity index (χ2n) is 9.87. The Morgan fingerprint density at radius 3 is 2.58 bits per heavy atom. The molecular weight excluding hydrogens is 442 g/mol. The normalized spacial score (nSPS) is 19.7. The summed E-state index contributed by atoms with van der Waals surface area (Å²) in [6, 6.07) is 6.50. The lowest BCUT2D eigenvalue weighted by Gasteiger charge is -2.33. The number of aliphatic imine (C=N–C) groups is 1. The van der Waals surface area contributed by atoms with Gasteiger partial charge < -0.3 is 10.9 Å². The molecule has 5 rings (SSSR count). The van der Waals surface area contributed by atoms with Gasteiger partial charge in [-0.1, -0.05) is 89.8 Å². The van der Waals surface area contributed by atoms with Gasteiger partial charge in [-0.25, -0.2) is 4.68 Å². The third kappa shape index (κ3) is 5.06. The van der Waals surface area contributed by atoms with Crippen LogP contribution in [0.3, 0.4) is 0 Å². The summed E-state index contributed by atoms with van der Waals surface area (Å²) >= 11 is 0. The second-order valence-corrected chi connectivity index (χ2v) is 9.87. The zero-order valence-corrected chi connectivity index (χ0v) is 22.0. The van der Waals surface area contributed by atoms with Gasteiger partial charge in [0.15, 0.2) is 0 Å². The first-order chi connectivity index (χ1) is 17.5. The fraction of sp³-hybridized carbons (Fsp3) is 0.290. The highest BCUT2D eigenvalue weighted by Gasteiger charge is 2.31. The van der Waals surface area contributed by atoms with E-state index in [9.17, 15) is 0 Å². The third-order valence-corrected chi connectivity index (χ3v) is 6.61. The molecule has 0 saturated heterocycles. The number of aromatic nitrogens is 2. The molecule has 2 aromatic rings. The van der Waals surface area contributed by atoms with E-state index in [0.29, 0.717) is 0 Å². The summed E-state index contributed by atoms with van der Waals surface area (Å²) in [7, 11) is 0. The highest BCUT2D eigenvalue weighted by molar-refractivity contribution is 5.82. The van der Waals surface area contributed by atoms with Gasteiger partial charge in [0.1, 0.15) is 0 Å². The van der Waals surface area contributed by atoms with Gasteiger partial charge in [-0.3, -0.25) is 4.99 Å². The molecule has 0 saturated carbocycles. The average molecular weight is 480 g/mol. The number of rotatable bonds is 5. The molecule has 1 aromatic heterocycles. The third-order valence-electron chi connectivity index (χ3n) is 6.61. The van der Waals surface area contributed by atoms with Gasteiger partial charge in [-0.2, -0.15) is 5.10 Å². The van der Waals surface area contributed by atoms with Crippen molar-refractivity contribution in [2.45, 2.75) is 46.5 Å². The van der Waals surface area contributed by atoms with Crippen LogP contribution < -0.4 is 10.9 Å². The van der Waals surface area contributed by atoms with E-state index in [-0.39, 0.29) is 17.3 Å². The molecular formula is C31H37N5. The van der Waals surface area contributed by atoms with E-state index in [1.165, 1.54) is 17.0 Å². The van der Waals surface area contributed by atoms with E-state index in [2.05, 4.69) is 109 Å². The van der Waals surface area contributed by atoms with Crippen molar-refractivity contribution in [1.82, 2.24) is 15.2 Å². The Balaban J connectivity index is 0.00000148. The first-order valence-electron chi connectivity index (χ1n) is 12.8. The summed E-state index contributed by atoms with van der Waals surface area (Å²) in [5.41, 5.74) is 14.9. The molecule has 36 heavy (non-hydrogen) atoms. The summed E-state index contributed by atoms with van der Waals surface area (Å²) in [6.07, 6.45) is 23.5. The number of benzene rings is 1. The second kappa shape index (κ2) is 10.8. The van der Waals surface area contributed by atoms with Crippen molar-refractivity contribution in [2.24, 2.45) is 16.8 Å². The minimum absolute atomic E-state index is 0.0710. The maximum atomic E-state index is 4.72. The molecule has 2 N–H and O–H groups in total. The number of nitrogens with zero attached hydrogens (tertiary/aromatic N) is 3. The highest BCUT2D eigenvalue weighted by Crippen LogP contribution is 2.38. The van der Waals surface area contributed by atoms with Gasteiger partial charge in [0.05, 0.1) is 23.3 Å². The van der Waals surface area contributed by atoms with E-state index in [0.717, 1.165) is 28.9 Å². The van der Waals surface area contributed by atoms with Gasteiger partial charge in [-0.05, 0) is 34.8 Å². The minimum Gasteiger partial charge on any atom is -0.304 e. The molecule has 0 spiro atoms. The van der Waals surface area contributed by atoms with Crippen LogP contribution in [0, 0.1) is 11.8 Å². The van der Waals surface area contributed by atoms with E-state index in [4.69, 9.17) is 5.10 Å². The van der Waals surface area contributed by atoms with Gasteiger partial charge in [-0.15, -0.1) is 0 Å². The Bertz CT molecular complexity index is 1290. The molecule has 5 nitrogen and oxygen atoms in total. The van der Waals surface area contributed by atoms with Crippen molar-refractivity contribution in [3.63, 3.8) is 0 Å². The molecule has 0 amide bonds. The van der Waals surface area contributed by atoms with Crippen LogP contribution in [0.5, 0.6) is 0 Å². The first kappa shape index (κ1) is 25.2.